The van der Waals surface area contributed by atoms with Crippen molar-refractivity contribution in [3.8, 4) is 0 Å². The highest BCUT2D eigenvalue weighted by Crippen LogP contribution is 2.25. The predicted octanol–water partition coefficient (Wildman–Crippen LogP) is 3.05. The van der Waals surface area contributed by atoms with Crippen LogP contribution in [0.2, 0.25) is 0 Å². The molecule has 6 nitrogen and oxygen atoms in total. The third-order valence-electron chi connectivity index (χ3n) is 5.99. The Labute approximate surface area is 192 Å². The van der Waals surface area contributed by atoms with Crippen molar-refractivity contribution in [1.29, 1.82) is 0 Å². The van der Waals surface area contributed by atoms with Gasteiger partial charge in [-0.25, -0.2) is 0 Å². The molecule has 1 aromatic rings. The minimum Gasteiger partial charge on any atom is -0.381 e. The van der Waals surface area contributed by atoms with Crippen LogP contribution in [0.3, 0.4) is 0 Å². The second-order valence-corrected chi connectivity index (χ2v) is 8.18. The van der Waals surface area contributed by atoms with Crippen molar-refractivity contribution in [3.05, 3.63) is 35.9 Å². The predicted molar refractivity (Wildman–Crippen MR) is 129 cm³/mol. The normalized spacial score (nSPS) is 22.6. The van der Waals surface area contributed by atoms with Crippen LogP contribution >= 0.6 is 24.0 Å². The molecule has 2 atom stereocenters. The van der Waals surface area contributed by atoms with Crippen LogP contribution in [0.25, 0.3) is 0 Å². The van der Waals surface area contributed by atoms with Gasteiger partial charge in [-0.3, -0.25) is 4.99 Å². The lowest BCUT2D eigenvalue weighted by atomic mass is 9.88. The van der Waals surface area contributed by atoms with E-state index in [0.29, 0.717) is 5.92 Å². The fourth-order valence-corrected chi connectivity index (χ4v) is 4.25. The summed E-state index contributed by atoms with van der Waals surface area (Å²) in [5.74, 6) is 1.55. The van der Waals surface area contributed by atoms with E-state index in [4.69, 9.17) is 9.47 Å². The number of rotatable bonds is 7. The summed E-state index contributed by atoms with van der Waals surface area (Å²) in [7, 11) is 3.98. The van der Waals surface area contributed by atoms with E-state index < -0.39 is 0 Å². The lowest BCUT2D eigenvalue weighted by molar-refractivity contribution is 0.0352. The van der Waals surface area contributed by atoms with Crippen LogP contribution in [0.1, 0.15) is 37.8 Å². The quantitative estimate of drug-likeness (QED) is 0.332. The molecule has 2 aliphatic rings. The molecule has 164 valence electrons. The van der Waals surface area contributed by atoms with E-state index in [2.05, 4.69) is 64.8 Å². The molecule has 0 spiro atoms. The van der Waals surface area contributed by atoms with Gasteiger partial charge in [0.1, 0.15) is 0 Å². The van der Waals surface area contributed by atoms with Crippen LogP contribution in [0.15, 0.2) is 35.3 Å². The third kappa shape index (κ3) is 7.08. The number of nitrogens with one attached hydrogen (secondary N) is 2. The molecule has 0 radical (unpaired) electrons. The van der Waals surface area contributed by atoms with E-state index in [1.165, 1.54) is 5.56 Å². The second-order valence-electron chi connectivity index (χ2n) is 8.18. The summed E-state index contributed by atoms with van der Waals surface area (Å²) >= 11 is 0. The van der Waals surface area contributed by atoms with Gasteiger partial charge in [-0.1, -0.05) is 30.3 Å². The van der Waals surface area contributed by atoms with Crippen LogP contribution in [0.5, 0.6) is 0 Å². The Kier molecular flexibility index (Phi) is 10.1. The molecule has 2 unspecified atom stereocenters. The summed E-state index contributed by atoms with van der Waals surface area (Å²) in [6, 6.07) is 10.9. The van der Waals surface area contributed by atoms with E-state index in [-0.39, 0.29) is 35.6 Å². The molecule has 2 heterocycles. The summed E-state index contributed by atoms with van der Waals surface area (Å²) < 4.78 is 11.2. The molecule has 7 heteroatoms. The maximum atomic E-state index is 5.66. The van der Waals surface area contributed by atoms with E-state index in [0.717, 1.165) is 64.7 Å². The summed E-state index contributed by atoms with van der Waals surface area (Å²) in [5, 5.41) is 7.53. The largest absolute Gasteiger partial charge is 0.381 e. The summed E-state index contributed by atoms with van der Waals surface area (Å²) in [6.07, 6.45) is 3.13. The summed E-state index contributed by atoms with van der Waals surface area (Å²) in [5.41, 5.74) is 1.32. The Balaban J connectivity index is 0.00000300. The zero-order valence-electron chi connectivity index (χ0n) is 18.0. The van der Waals surface area contributed by atoms with Gasteiger partial charge in [0.25, 0.3) is 0 Å². The van der Waals surface area contributed by atoms with E-state index >= 15 is 0 Å². The number of ether oxygens (including phenoxy) is 2. The SMILES string of the molecule is CN=C(NCC1(NC(C)c2ccccc2)CCOCC1)N(C)CC1CCOC1.I. The summed E-state index contributed by atoms with van der Waals surface area (Å²) in [4.78, 5) is 6.74. The standard InChI is InChI=1S/C22H36N4O2.HI/c1-18(20-7-5-4-6-8-20)25-22(10-13-27-14-11-22)17-24-21(23-2)26(3)15-19-9-12-28-16-19;/h4-8,18-19,25H,9-17H2,1-3H3,(H,23,24);1H. The van der Waals surface area contributed by atoms with Gasteiger partial charge in [-0.15, -0.1) is 24.0 Å². The zero-order valence-corrected chi connectivity index (χ0v) is 20.4. The van der Waals surface area contributed by atoms with Crippen LogP contribution in [0, 0.1) is 5.92 Å². The molecular weight excluding hydrogens is 479 g/mol. The Hall–Kier alpha value is -0.900. The monoisotopic (exact) mass is 516 g/mol. The van der Waals surface area contributed by atoms with Gasteiger partial charge in [0, 0.05) is 64.5 Å². The molecule has 0 bridgehead atoms. The molecular formula is C22H37IN4O2. The van der Waals surface area contributed by atoms with Crippen LogP contribution in [-0.4, -0.2) is 70.0 Å². The molecule has 1 aromatic carbocycles. The molecule has 3 rings (SSSR count). The van der Waals surface area contributed by atoms with Crippen molar-refractivity contribution < 1.29 is 9.47 Å². The van der Waals surface area contributed by atoms with Crippen molar-refractivity contribution in [2.45, 2.75) is 37.8 Å². The van der Waals surface area contributed by atoms with E-state index in [9.17, 15) is 0 Å². The van der Waals surface area contributed by atoms with Crippen LogP contribution in [-0.2, 0) is 9.47 Å². The first kappa shape index (κ1) is 24.4. The Bertz CT molecular complexity index is 616. The number of benzene rings is 1. The topological polar surface area (TPSA) is 58.1 Å². The van der Waals surface area contributed by atoms with Crippen LogP contribution in [0.4, 0.5) is 0 Å². The highest BCUT2D eigenvalue weighted by atomic mass is 127. The number of hydrogen-bond donors (Lipinski definition) is 2. The average Bonchev–Trinajstić information content (AvgIpc) is 3.23. The molecule has 2 fully saturated rings. The Morgan fingerprint density at radius 2 is 1.93 bits per heavy atom. The van der Waals surface area contributed by atoms with Crippen molar-refractivity contribution in [2.75, 3.05) is 53.6 Å². The summed E-state index contributed by atoms with van der Waals surface area (Å²) in [6.45, 7) is 7.39. The maximum absolute atomic E-state index is 5.66. The third-order valence-corrected chi connectivity index (χ3v) is 5.99. The number of aliphatic imine (C=N–C) groups is 1. The molecule has 29 heavy (non-hydrogen) atoms. The molecule has 2 N–H and O–H groups in total. The van der Waals surface area contributed by atoms with Gasteiger partial charge in [0.15, 0.2) is 5.96 Å². The first-order chi connectivity index (χ1) is 13.6. The lowest BCUT2D eigenvalue weighted by Crippen LogP contribution is -2.58. The average molecular weight is 516 g/mol. The number of hydrogen-bond acceptors (Lipinski definition) is 4. The van der Waals surface area contributed by atoms with Crippen molar-refractivity contribution in [3.63, 3.8) is 0 Å². The van der Waals surface area contributed by atoms with Crippen molar-refractivity contribution in [1.82, 2.24) is 15.5 Å². The van der Waals surface area contributed by atoms with E-state index in [1.807, 2.05) is 7.05 Å². The molecule has 2 aliphatic heterocycles. The minimum absolute atomic E-state index is 0. The minimum atomic E-state index is 0. The van der Waals surface area contributed by atoms with Gasteiger partial charge in [-0.05, 0) is 31.7 Å². The van der Waals surface area contributed by atoms with Crippen LogP contribution < -0.4 is 10.6 Å². The number of halogens is 1. The van der Waals surface area contributed by atoms with Gasteiger partial charge in [0.2, 0.25) is 0 Å². The molecule has 2 saturated heterocycles. The van der Waals surface area contributed by atoms with Crippen molar-refractivity contribution in [2.24, 2.45) is 10.9 Å². The fourth-order valence-electron chi connectivity index (χ4n) is 4.25. The van der Waals surface area contributed by atoms with Gasteiger partial charge in [0.05, 0.1) is 6.61 Å². The first-order valence-corrected chi connectivity index (χ1v) is 10.5. The number of guanidine groups is 1. The highest BCUT2D eigenvalue weighted by Gasteiger charge is 2.34. The first-order valence-electron chi connectivity index (χ1n) is 10.5. The smallest absolute Gasteiger partial charge is 0.193 e. The molecule has 0 saturated carbocycles. The maximum Gasteiger partial charge on any atom is 0.193 e. The molecule has 0 amide bonds. The highest BCUT2D eigenvalue weighted by molar-refractivity contribution is 14.0. The molecule has 0 aliphatic carbocycles. The second kappa shape index (κ2) is 12.1. The Morgan fingerprint density at radius 3 is 2.55 bits per heavy atom. The van der Waals surface area contributed by atoms with E-state index in [1.54, 1.807) is 0 Å². The lowest BCUT2D eigenvalue weighted by Gasteiger charge is -2.41. The molecule has 0 aromatic heterocycles. The van der Waals surface area contributed by atoms with Gasteiger partial charge in [-0.2, -0.15) is 0 Å². The number of nitrogens with zero attached hydrogens (tertiary/aromatic N) is 2. The van der Waals surface area contributed by atoms with Crippen molar-refractivity contribution >= 4 is 29.9 Å². The Morgan fingerprint density at radius 1 is 1.21 bits per heavy atom. The van der Waals surface area contributed by atoms with Gasteiger partial charge < -0.3 is 25.0 Å². The fraction of sp³-hybridized carbons (Fsp3) is 0.682. The van der Waals surface area contributed by atoms with Gasteiger partial charge >= 0.3 is 0 Å². The zero-order chi connectivity index (χ0) is 19.8.